The van der Waals surface area contributed by atoms with Gasteiger partial charge in [-0.2, -0.15) is 15.4 Å². The molecule has 1 aliphatic rings. The monoisotopic (exact) mass is 594 g/mol. The zero-order valence-electron chi connectivity index (χ0n) is 23.0. The van der Waals surface area contributed by atoms with Crippen LogP contribution in [0.1, 0.15) is 35.7 Å². The summed E-state index contributed by atoms with van der Waals surface area (Å²) in [5.74, 6) is -0.109. The summed E-state index contributed by atoms with van der Waals surface area (Å²) in [7, 11) is 1.64. The number of cyclic esters (lactones) is 1. The van der Waals surface area contributed by atoms with Gasteiger partial charge in [0, 0.05) is 18.5 Å². The second-order valence-electron chi connectivity index (χ2n) is 9.86. The van der Waals surface area contributed by atoms with E-state index in [1.807, 2.05) is 48.5 Å². The number of benzene rings is 3. The van der Waals surface area contributed by atoms with Gasteiger partial charge in [0.2, 0.25) is 5.91 Å². The fourth-order valence-electron chi connectivity index (χ4n) is 4.79. The molecular formula is C30H32ClFN6O4. The van der Waals surface area contributed by atoms with E-state index in [9.17, 15) is 9.59 Å². The number of carbonyl (C=O) groups excluding carboxylic acids is 2. The van der Waals surface area contributed by atoms with E-state index in [-0.39, 0.29) is 31.4 Å². The number of hydrogen-bond donors (Lipinski definition) is 3. The highest BCUT2D eigenvalue weighted by molar-refractivity contribution is 5.90. The van der Waals surface area contributed by atoms with Gasteiger partial charge in [-0.05, 0) is 59.9 Å². The van der Waals surface area contributed by atoms with Gasteiger partial charge in [0.15, 0.2) is 0 Å². The Morgan fingerprint density at radius 2 is 1.90 bits per heavy atom. The summed E-state index contributed by atoms with van der Waals surface area (Å²) < 4.78 is 25.7. The maximum Gasteiger partial charge on any atom is 0.414 e. The van der Waals surface area contributed by atoms with Crippen molar-refractivity contribution in [2.45, 2.75) is 38.0 Å². The number of nitrogens with zero attached hydrogens (tertiary/aromatic N) is 3. The predicted molar refractivity (Wildman–Crippen MR) is 158 cm³/mol. The molecular weight excluding hydrogens is 563 g/mol. The van der Waals surface area contributed by atoms with Crippen LogP contribution in [0.25, 0.3) is 11.1 Å². The number of aromatic nitrogens is 3. The fraction of sp³-hybridized carbons (Fsp3) is 0.267. The smallest absolute Gasteiger partial charge is 0.414 e. The van der Waals surface area contributed by atoms with Gasteiger partial charge in [-0.1, -0.05) is 36.4 Å². The zero-order valence-corrected chi connectivity index (χ0v) is 23.8. The Morgan fingerprint density at radius 1 is 1.17 bits per heavy atom. The number of H-pyrrole nitrogens is 1. The van der Waals surface area contributed by atoms with Crippen LogP contribution in [-0.2, 0) is 22.5 Å². The van der Waals surface area contributed by atoms with Crippen LogP contribution in [0.15, 0.2) is 72.9 Å². The van der Waals surface area contributed by atoms with Crippen molar-refractivity contribution in [1.82, 2.24) is 20.7 Å². The molecule has 1 aliphatic heterocycles. The second kappa shape index (κ2) is 13.9. The molecule has 42 heavy (non-hydrogen) atoms. The number of anilines is 1. The molecule has 2 unspecified atom stereocenters. The van der Waals surface area contributed by atoms with Crippen molar-refractivity contribution >= 4 is 30.1 Å². The standard InChI is InChI=1S/C30H31FN6O4.ClH/c1-40-23-9-4-19(5-10-23)14-27(28-17-34-36-35-28)33-16-20-2-6-21(7-3-20)25-12-8-22(15-26(25)31)37-18-24(41-30(37)39)11-13-29(32)38;/h2-10,12,15,17,24,27,33H,11,13-14,16,18H2,1H3,(H2,32,38)(H,34,35,36);1H. The van der Waals surface area contributed by atoms with Gasteiger partial charge >= 0.3 is 6.09 Å². The average molecular weight is 595 g/mol. The lowest BCUT2D eigenvalue weighted by atomic mass is 10.0. The number of nitrogens with one attached hydrogen (secondary N) is 2. The van der Waals surface area contributed by atoms with Crippen molar-refractivity contribution in [3.8, 4) is 16.9 Å². The van der Waals surface area contributed by atoms with E-state index >= 15 is 4.39 Å². The second-order valence-corrected chi connectivity index (χ2v) is 9.86. The lowest BCUT2D eigenvalue weighted by molar-refractivity contribution is -0.118. The first-order valence-electron chi connectivity index (χ1n) is 13.3. The number of ether oxygens (including phenoxy) is 2. The van der Waals surface area contributed by atoms with Crippen molar-refractivity contribution in [3.63, 3.8) is 0 Å². The molecule has 1 fully saturated rings. The van der Waals surface area contributed by atoms with Crippen molar-refractivity contribution in [1.29, 1.82) is 0 Å². The molecule has 2 atom stereocenters. The van der Waals surface area contributed by atoms with E-state index in [0.717, 1.165) is 22.6 Å². The maximum absolute atomic E-state index is 15.2. The molecule has 1 saturated heterocycles. The maximum atomic E-state index is 15.2. The van der Waals surface area contributed by atoms with Crippen molar-refractivity contribution in [2.75, 3.05) is 18.6 Å². The number of hydrogen-bond acceptors (Lipinski definition) is 7. The summed E-state index contributed by atoms with van der Waals surface area (Å²) in [6.45, 7) is 0.809. The largest absolute Gasteiger partial charge is 0.497 e. The molecule has 0 aliphatic carbocycles. The van der Waals surface area contributed by atoms with E-state index in [4.69, 9.17) is 15.2 Å². The van der Waals surface area contributed by atoms with Gasteiger partial charge in [0.1, 0.15) is 17.7 Å². The molecule has 0 spiro atoms. The first-order valence-corrected chi connectivity index (χ1v) is 13.3. The van der Waals surface area contributed by atoms with Crippen molar-refractivity contribution in [3.05, 3.63) is 95.6 Å². The third-order valence-corrected chi connectivity index (χ3v) is 7.06. The van der Waals surface area contributed by atoms with Crippen LogP contribution in [0, 0.1) is 5.82 Å². The van der Waals surface area contributed by atoms with Gasteiger partial charge in [0.05, 0.1) is 37.3 Å². The molecule has 3 aromatic carbocycles. The lowest BCUT2D eigenvalue weighted by Crippen LogP contribution is -2.25. The van der Waals surface area contributed by atoms with E-state index in [1.54, 1.807) is 25.4 Å². The van der Waals surface area contributed by atoms with E-state index in [1.165, 1.54) is 11.0 Å². The van der Waals surface area contributed by atoms with Crippen molar-refractivity contribution < 1.29 is 23.5 Å². The number of rotatable bonds is 12. The Hall–Kier alpha value is -4.48. The minimum absolute atomic E-state index is 0. The number of nitrogens with two attached hydrogens (primary N) is 1. The van der Waals surface area contributed by atoms with Gasteiger partial charge in [-0.15, -0.1) is 12.4 Å². The van der Waals surface area contributed by atoms with Crippen LogP contribution in [0.2, 0.25) is 0 Å². The first-order chi connectivity index (χ1) is 19.9. The number of halogens is 2. The highest BCUT2D eigenvalue weighted by Gasteiger charge is 2.32. The van der Waals surface area contributed by atoms with Gasteiger partial charge in [-0.3, -0.25) is 9.69 Å². The molecule has 2 amide bonds. The van der Waals surface area contributed by atoms with Gasteiger partial charge in [-0.25, -0.2) is 9.18 Å². The Bertz CT molecular complexity index is 1480. The summed E-state index contributed by atoms with van der Waals surface area (Å²) in [4.78, 5) is 24.7. The van der Waals surface area contributed by atoms with Crippen LogP contribution in [0.4, 0.5) is 14.9 Å². The van der Waals surface area contributed by atoms with Gasteiger partial charge in [0.25, 0.3) is 0 Å². The third-order valence-electron chi connectivity index (χ3n) is 7.06. The van der Waals surface area contributed by atoms with Crippen LogP contribution in [-0.4, -0.2) is 47.2 Å². The molecule has 4 N–H and O–H groups in total. The van der Waals surface area contributed by atoms with E-state index in [0.29, 0.717) is 36.2 Å². The summed E-state index contributed by atoms with van der Waals surface area (Å²) in [5, 5.41) is 14.4. The Labute approximate surface area is 248 Å². The number of methoxy groups -OCH3 is 1. The SMILES string of the molecule is COc1ccc(CC(NCc2ccc(-c3ccc(N4CC(CCC(N)=O)OC4=O)cc3F)cc2)c2cn[nH]n2)cc1.Cl. The molecule has 5 rings (SSSR count). The number of amides is 2. The highest BCUT2D eigenvalue weighted by Crippen LogP contribution is 2.30. The molecule has 10 nitrogen and oxygen atoms in total. The number of carbonyl (C=O) groups is 2. The first kappa shape index (κ1) is 30.5. The van der Waals surface area contributed by atoms with E-state index in [2.05, 4.69) is 20.7 Å². The van der Waals surface area contributed by atoms with Crippen molar-refractivity contribution in [2.24, 2.45) is 5.73 Å². The normalized spacial score (nSPS) is 15.1. The van der Waals surface area contributed by atoms with Crippen LogP contribution < -0.4 is 20.7 Å². The fourth-order valence-corrected chi connectivity index (χ4v) is 4.79. The van der Waals surface area contributed by atoms with Gasteiger partial charge < -0.3 is 20.5 Å². The Balaban J connectivity index is 0.00000405. The number of primary amides is 1. The molecule has 12 heteroatoms. The minimum Gasteiger partial charge on any atom is -0.497 e. The lowest BCUT2D eigenvalue weighted by Gasteiger charge is -2.17. The number of aromatic amines is 1. The van der Waals surface area contributed by atoms with Crippen LogP contribution >= 0.6 is 12.4 Å². The summed E-state index contributed by atoms with van der Waals surface area (Å²) >= 11 is 0. The molecule has 0 saturated carbocycles. The quantitative estimate of drug-likeness (QED) is 0.216. The molecule has 0 bridgehead atoms. The predicted octanol–water partition coefficient (Wildman–Crippen LogP) is 4.71. The topological polar surface area (TPSA) is 135 Å². The van der Waals surface area contributed by atoms with Crippen LogP contribution in [0.3, 0.4) is 0 Å². The summed E-state index contributed by atoms with van der Waals surface area (Å²) in [5.41, 5.74) is 9.68. The zero-order chi connectivity index (χ0) is 28.8. The third kappa shape index (κ3) is 7.42. The molecule has 220 valence electrons. The summed E-state index contributed by atoms with van der Waals surface area (Å²) in [6.07, 6.45) is 1.84. The molecule has 2 heterocycles. The molecule has 0 radical (unpaired) electrons. The minimum atomic E-state index is -0.570. The van der Waals surface area contributed by atoms with Crippen LogP contribution in [0.5, 0.6) is 5.75 Å². The summed E-state index contributed by atoms with van der Waals surface area (Å²) in [6, 6.07) is 20.1. The average Bonchev–Trinajstić information content (AvgIpc) is 3.65. The van der Waals surface area contributed by atoms with E-state index < -0.39 is 23.9 Å². The Morgan fingerprint density at radius 3 is 2.55 bits per heavy atom. The highest BCUT2D eigenvalue weighted by atomic mass is 35.5. The molecule has 1 aromatic heterocycles. The molecule has 4 aromatic rings. The Kier molecular flexibility index (Phi) is 10.1.